The molecule has 0 amide bonds. The van der Waals surface area contributed by atoms with E-state index in [9.17, 15) is 4.79 Å². The third kappa shape index (κ3) is 4.47. The van der Waals surface area contributed by atoms with E-state index in [1.807, 2.05) is 54.6 Å². The molecule has 2 aromatic carbocycles. The predicted octanol–water partition coefficient (Wildman–Crippen LogP) is 3.33. The molecular formula is C18H16BrN5OS. The van der Waals surface area contributed by atoms with E-state index in [0.717, 1.165) is 10.2 Å². The van der Waals surface area contributed by atoms with Crippen molar-refractivity contribution >= 4 is 44.6 Å². The molecule has 0 aliphatic carbocycles. The normalized spacial score (nSPS) is 10.2. The molecule has 3 aromatic rings. The minimum atomic E-state index is -0.228. The highest BCUT2D eigenvalue weighted by atomic mass is 79.9. The van der Waals surface area contributed by atoms with Crippen LogP contribution in [-0.4, -0.2) is 21.9 Å². The van der Waals surface area contributed by atoms with Gasteiger partial charge in [-0.2, -0.15) is 9.78 Å². The minimum absolute atomic E-state index is 0.228. The van der Waals surface area contributed by atoms with Gasteiger partial charge in [0.15, 0.2) is 5.11 Å². The lowest BCUT2D eigenvalue weighted by molar-refractivity contribution is 0.789. The second-order valence-electron chi connectivity index (χ2n) is 5.43. The first-order valence-electron chi connectivity index (χ1n) is 7.75. The van der Waals surface area contributed by atoms with Gasteiger partial charge in [0.2, 0.25) is 0 Å². The number of benzene rings is 2. The van der Waals surface area contributed by atoms with Gasteiger partial charge < -0.3 is 5.32 Å². The molecule has 0 radical (unpaired) electrons. The van der Waals surface area contributed by atoms with Crippen molar-refractivity contribution < 1.29 is 0 Å². The third-order valence-electron chi connectivity index (χ3n) is 3.54. The summed E-state index contributed by atoms with van der Waals surface area (Å²) < 4.78 is 2.33. The maximum absolute atomic E-state index is 12.3. The molecule has 132 valence electrons. The molecule has 0 aliphatic heterocycles. The topological polar surface area (TPSA) is 62.2 Å². The van der Waals surface area contributed by atoms with Crippen molar-refractivity contribution in [2.45, 2.75) is 0 Å². The lowest BCUT2D eigenvalue weighted by Gasteiger charge is -2.22. The Morgan fingerprint density at radius 1 is 1.15 bits per heavy atom. The fraction of sp³-hybridized carbons (Fsp3) is 0.0556. The highest BCUT2D eigenvalue weighted by molar-refractivity contribution is 9.10. The Kier molecular flexibility index (Phi) is 5.65. The Morgan fingerprint density at radius 3 is 2.50 bits per heavy atom. The average Bonchev–Trinajstić information content (AvgIpc) is 2.64. The first-order valence-corrected chi connectivity index (χ1v) is 8.95. The van der Waals surface area contributed by atoms with E-state index in [2.05, 4.69) is 31.8 Å². The zero-order valence-electron chi connectivity index (χ0n) is 13.9. The summed E-state index contributed by atoms with van der Waals surface area (Å²) in [5.41, 5.74) is 4.94. The second-order valence-corrected chi connectivity index (χ2v) is 6.76. The van der Waals surface area contributed by atoms with Gasteiger partial charge in [-0.3, -0.25) is 15.2 Å². The molecule has 2 N–H and O–H groups in total. The lowest BCUT2D eigenvalue weighted by Crippen LogP contribution is -2.42. The standard InChI is InChI=1S/C18H16BrN5OS/c1-23(22-18(26)21-14-9-7-13(19)8-10-14)16-11-17(25)24(20-12-16)15-5-3-2-4-6-15/h2-12H,1H3,(H2,21,22,26). The van der Waals surface area contributed by atoms with Crippen LogP contribution in [0.3, 0.4) is 0 Å². The number of hydrazine groups is 1. The zero-order valence-corrected chi connectivity index (χ0v) is 16.3. The fourth-order valence-electron chi connectivity index (χ4n) is 2.25. The summed E-state index contributed by atoms with van der Waals surface area (Å²) in [6.45, 7) is 0. The van der Waals surface area contributed by atoms with E-state index in [1.165, 1.54) is 10.7 Å². The molecule has 0 atom stereocenters. The van der Waals surface area contributed by atoms with Crippen LogP contribution in [0, 0.1) is 0 Å². The SMILES string of the molecule is CN(NC(=S)Nc1ccc(Br)cc1)c1cnn(-c2ccccc2)c(=O)c1. The van der Waals surface area contributed by atoms with Gasteiger partial charge in [0.25, 0.3) is 5.56 Å². The van der Waals surface area contributed by atoms with Gasteiger partial charge in [-0.25, -0.2) is 0 Å². The van der Waals surface area contributed by atoms with Crippen LogP contribution in [-0.2, 0) is 0 Å². The van der Waals surface area contributed by atoms with Crippen LogP contribution in [0.25, 0.3) is 5.69 Å². The maximum atomic E-state index is 12.3. The van der Waals surface area contributed by atoms with E-state index >= 15 is 0 Å². The molecule has 0 bridgehead atoms. The van der Waals surface area contributed by atoms with Crippen LogP contribution in [0.15, 0.2) is 76.1 Å². The summed E-state index contributed by atoms with van der Waals surface area (Å²) in [5.74, 6) is 0. The van der Waals surface area contributed by atoms with Crippen molar-refractivity contribution in [1.29, 1.82) is 0 Å². The van der Waals surface area contributed by atoms with Gasteiger partial charge in [-0.1, -0.05) is 34.1 Å². The van der Waals surface area contributed by atoms with Crippen molar-refractivity contribution in [3.05, 3.63) is 81.7 Å². The number of anilines is 2. The van der Waals surface area contributed by atoms with Crippen LogP contribution in [0.2, 0.25) is 0 Å². The average molecular weight is 430 g/mol. The van der Waals surface area contributed by atoms with Crippen LogP contribution >= 0.6 is 28.1 Å². The monoisotopic (exact) mass is 429 g/mol. The van der Waals surface area contributed by atoms with Crippen molar-refractivity contribution in [1.82, 2.24) is 15.2 Å². The van der Waals surface area contributed by atoms with Crippen molar-refractivity contribution in [3.8, 4) is 5.69 Å². The van der Waals surface area contributed by atoms with Crippen LogP contribution in [0.5, 0.6) is 0 Å². The molecule has 0 spiro atoms. The number of hydrogen-bond donors (Lipinski definition) is 2. The molecule has 1 heterocycles. The maximum Gasteiger partial charge on any atom is 0.273 e. The number of nitrogens with zero attached hydrogens (tertiary/aromatic N) is 3. The number of rotatable bonds is 4. The second kappa shape index (κ2) is 8.11. The van der Waals surface area contributed by atoms with Gasteiger partial charge in [-0.15, -0.1) is 0 Å². The Hall–Kier alpha value is -2.71. The van der Waals surface area contributed by atoms with Crippen LogP contribution in [0.4, 0.5) is 11.4 Å². The molecule has 0 saturated heterocycles. The lowest BCUT2D eigenvalue weighted by atomic mass is 10.3. The quantitative estimate of drug-likeness (QED) is 0.489. The molecule has 26 heavy (non-hydrogen) atoms. The van der Waals surface area contributed by atoms with Gasteiger partial charge in [0.1, 0.15) is 0 Å². The fourth-order valence-corrected chi connectivity index (χ4v) is 2.77. The first kappa shape index (κ1) is 18.1. The van der Waals surface area contributed by atoms with Crippen molar-refractivity contribution in [2.24, 2.45) is 0 Å². The molecule has 8 heteroatoms. The van der Waals surface area contributed by atoms with E-state index in [4.69, 9.17) is 12.2 Å². The van der Waals surface area contributed by atoms with Crippen molar-refractivity contribution in [3.63, 3.8) is 0 Å². The van der Waals surface area contributed by atoms with Gasteiger partial charge >= 0.3 is 0 Å². The zero-order chi connectivity index (χ0) is 18.5. The molecule has 3 rings (SSSR count). The number of hydrogen-bond acceptors (Lipinski definition) is 4. The summed E-state index contributed by atoms with van der Waals surface area (Å²) in [4.78, 5) is 12.3. The number of nitrogens with one attached hydrogen (secondary N) is 2. The van der Waals surface area contributed by atoms with Crippen LogP contribution in [0.1, 0.15) is 0 Å². The highest BCUT2D eigenvalue weighted by Gasteiger charge is 2.07. The summed E-state index contributed by atoms with van der Waals surface area (Å²) in [7, 11) is 1.76. The smallest absolute Gasteiger partial charge is 0.273 e. The highest BCUT2D eigenvalue weighted by Crippen LogP contribution is 2.14. The van der Waals surface area contributed by atoms with E-state index in [-0.39, 0.29) is 5.56 Å². The first-order chi connectivity index (χ1) is 12.5. The molecule has 0 aliphatic rings. The summed E-state index contributed by atoms with van der Waals surface area (Å²) in [6.07, 6.45) is 1.60. The molecule has 6 nitrogen and oxygen atoms in total. The number of para-hydroxylation sites is 1. The number of aromatic nitrogens is 2. The summed E-state index contributed by atoms with van der Waals surface area (Å²) >= 11 is 8.69. The Labute approximate surface area is 164 Å². The third-order valence-corrected chi connectivity index (χ3v) is 4.27. The van der Waals surface area contributed by atoms with Crippen molar-refractivity contribution in [2.75, 3.05) is 17.4 Å². The van der Waals surface area contributed by atoms with E-state index in [1.54, 1.807) is 18.3 Å². The molecular weight excluding hydrogens is 414 g/mol. The van der Waals surface area contributed by atoms with Gasteiger partial charge in [0.05, 0.1) is 17.6 Å². The summed E-state index contributed by atoms with van der Waals surface area (Å²) in [6, 6.07) is 18.4. The Bertz CT molecular complexity index is 959. The molecule has 0 saturated carbocycles. The number of thiocarbonyl (C=S) groups is 1. The molecule has 0 fully saturated rings. The number of halogens is 1. The molecule has 0 unspecified atom stereocenters. The predicted molar refractivity (Wildman–Crippen MR) is 112 cm³/mol. The van der Waals surface area contributed by atoms with Gasteiger partial charge in [-0.05, 0) is 48.6 Å². The van der Waals surface area contributed by atoms with Crippen LogP contribution < -0.4 is 21.3 Å². The molecule has 1 aromatic heterocycles. The van der Waals surface area contributed by atoms with E-state index in [0.29, 0.717) is 16.5 Å². The Morgan fingerprint density at radius 2 is 1.85 bits per heavy atom. The minimum Gasteiger partial charge on any atom is -0.331 e. The largest absolute Gasteiger partial charge is 0.331 e. The van der Waals surface area contributed by atoms with Gasteiger partial charge in [0, 0.05) is 23.3 Å². The summed E-state index contributed by atoms with van der Waals surface area (Å²) in [5, 5.41) is 9.34. The van der Waals surface area contributed by atoms with E-state index < -0.39 is 0 Å². The Balaban J connectivity index is 1.69.